The highest BCUT2D eigenvalue weighted by molar-refractivity contribution is 9.10. The fraction of sp³-hybridized carbons (Fsp3) is 0.143. The smallest absolute Gasteiger partial charge is 0.265 e. The quantitative estimate of drug-likeness (QED) is 0.827. The van der Waals surface area contributed by atoms with Gasteiger partial charge in [0.1, 0.15) is 5.00 Å². The number of halogens is 2. The number of ether oxygens (including phenoxy) is 1. The number of thiophene rings is 1. The van der Waals surface area contributed by atoms with Crippen molar-refractivity contribution in [2.45, 2.75) is 13.0 Å². The molecule has 1 atom stereocenters. The normalized spacial score (nSPS) is 11.8. The number of benzene rings is 1. The minimum absolute atomic E-state index is 0.0350. The summed E-state index contributed by atoms with van der Waals surface area (Å²) in [4.78, 5) is 23.2. The Kier molecular flexibility index (Phi) is 5.15. The fourth-order valence-electron chi connectivity index (χ4n) is 1.63. The molecule has 22 heavy (non-hydrogen) atoms. The van der Waals surface area contributed by atoms with Crippen LogP contribution in [-0.4, -0.2) is 17.9 Å². The van der Waals surface area contributed by atoms with E-state index < -0.39 is 23.7 Å². The van der Waals surface area contributed by atoms with Crippen LogP contribution in [0.15, 0.2) is 34.1 Å². The van der Waals surface area contributed by atoms with E-state index in [1.807, 2.05) is 0 Å². The lowest BCUT2D eigenvalue weighted by atomic mass is 10.3. The number of nitrogens with two attached hydrogens (primary N) is 1. The average molecular weight is 387 g/mol. The van der Waals surface area contributed by atoms with Gasteiger partial charge in [-0.3, -0.25) is 9.59 Å². The highest BCUT2D eigenvalue weighted by atomic mass is 79.9. The third-order valence-electron chi connectivity index (χ3n) is 2.73. The molecule has 0 saturated heterocycles. The molecule has 1 heterocycles. The first-order valence-corrected chi connectivity index (χ1v) is 7.85. The summed E-state index contributed by atoms with van der Waals surface area (Å²) in [6.45, 7) is 1.48. The second-order valence-corrected chi connectivity index (χ2v) is 6.18. The van der Waals surface area contributed by atoms with Gasteiger partial charge in [0.25, 0.3) is 11.8 Å². The van der Waals surface area contributed by atoms with E-state index in [9.17, 15) is 14.0 Å². The maximum atomic E-state index is 13.7. The van der Waals surface area contributed by atoms with Gasteiger partial charge in [0.05, 0.1) is 5.56 Å². The first kappa shape index (κ1) is 16.4. The Labute approximate surface area is 138 Å². The van der Waals surface area contributed by atoms with E-state index in [0.29, 0.717) is 9.47 Å². The Hall–Kier alpha value is -1.93. The summed E-state index contributed by atoms with van der Waals surface area (Å²) < 4.78 is 19.5. The van der Waals surface area contributed by atoms with Crippen LogP contribution in [0.4, 0.5) is 9.39 Å². The van der Waals surface area contributed by atoms with Crippen molar-refractivity contribution in [1.29, 1.82) is 0 Å². The Bertz CT molecular complexity index is 720. The van der Waals surface area contributed by atoms with E-state index >= 15 is 0 Å². The second kappa shape index (κ2) is 6.89. The molecule has 0 unspecified atom stereocenters. The maximum Gasteiger partial charge on any atom is 0.265 e. The minimum Gasteiger partial charge on any atom is -0.478 e. The first-order valence-electron chi connectivity index (χ1n) is 6.18. The molecule has 3 N–H and O–H groups in total. The van der Waals surface area contributed by atoms with E-state index in [-0.39, 0.29) is 11.3 Å². The van der Waals surface area contributed by atoms with Crippen molar-refractivity contribution in [3.05, 3.63) is 45.5 Å². The highest BCUT2D eigenvalue weighted by Gasteiger charge is 2.19. The third kappa shape index (κ3) is 3.83. The molecule has 0 aliphatic rings. The van der Waals surface area contributed by atoms with Crippen molar-refractivity contribution >= 4 is 44.1 Å². The summed E-state index contributed by atoms with van der Waals surface area (Å²) in [7, 11) is 0. The van der Waals surface area contributed by atoms with Crippen LogP contribution in [0.3, 0.4) is 0 Å². The number of anilines is 1. The number of hydrogen-bond acceptors (Lipinski definition) is 4. The van der Waals surface area contributed by atoms with Gasteiger partial charge in [-0.2, -0.15) is 0 Å². The Morgan fingerprint density at radius 2 is 2.14 bits per heavy atom. The van der Waals surface area contributed by atoms with Gasteiger partial charge in [-0.25, -0.2) is 4.39 Å². The Morgan fingerprint density at radius 3 is 2.77 bits per heavy atom. The second-order valence-electron chi connectivity index (χ2n) is 4.35. The molecule has 0 saturated carbocycles. The van der Waals surface area contributed by atoms with Gasteiger partial charge in [0.15, 0.2) is 17.7 Å². The van der Waals surface area contributed by atoms with Crippen LogP contribution >= 0.6 is 27.3 Å². The number of rotatable bonds is 5. The zero-order valence-electron chi connectivity index (χ0n) is 11.4. The first-order chi connectivity index (χ1) is 10.4. The number of carbonyl (C=O) groups is 2. The van der Waals surface area contributed by atoms with Gasteiger partial charge in [-0.15, -0.1) is 11.3 Å². The third-order valence-corrected chi connectivity index (χ3v) is 4.06. The van der Waals surface area contributed by atoms with Gasteiger partial charge in [0, 0.05) is 4.47 Å². The predicted octanol–water partition coefficient (Wildman–Crippen LogP) is 3.15. The lowest BCUT2D eigenvalue weighted by Crippen LogP contribution is -2.30. The summed E-state index contributed by atoms with van der Waals surface area (Å²) in [6, 6.07) is 5.78. The van der Waals surface area contributed by atoms with Crippen LogP contribution in [0.25, 0.3) is 0 Å². The van der Waals surface area contributed by atoms with Crippen molar-refractivity contribution in [2.24, 2.45) is 5.73 Å². The fourth-order valence-corrected chi connectivity index (χ4v) is 2.76. The number of primary amides is 1. The van der Waals surface area contributed by atoms with Gasteiger partial charge >= 0.3 is 0 Å². The predicted molar refractivity (Wildman–Crippen MR) is 85.7 cm³/mol. The monoisotopic (exact) mass is 386 g/mol. The SMILES string of the molecule is C[C@H](Oc1ccc(Br)cc1F)C(=O)Nc1sccc1C(N)=O. The summed E-state index contributed by atoms with van der Waals surface area (Å²) >= 11 is 4.30. The van der Waals surface area contributed by atoms with Gasteiger partial charge in [-0.1, -0.05) is 15.9 Å². The standard InChI is InChI=1S/C14H12BrFN2O3S/c1-7(21-11-3-2-8(15)6-10(11)16)13(20)18-14-9(12(17)19)4-5-22-14/h2-7H,1H3,(H2,17,19)(H,18,20)/t7-/m0/s1. The van der Waals surface area contributed by atoms with Gasteiger partial charge in [-0.05, 0) is 36.6 Å². The van der Waals surface area contributed by atoms with Crippen LogP contribution in [-0.2, 0) is 4.79 Å². The molecule has 1 aromatic carbocycles. The zero-order chi connectivity index (χ0) is 16.3. The maximum absolute atomic E-state index is 13.7. The van der Waals surface area contributed by atoms with Crippen LogP contribution < -0.4 is 15.8 Å². The average Bonchev–Trinajstić information content (AvgIpc) is 2.90. The van der Waals surface area contributed by atoms with Crippen LogP contribution in [0, 0.1) is 5.82 Å². The van der Waals surface area contributed by atoms with Crippen molar-refractivity contribution < 1.29 is 18.7 Å². The number of nitrogens with one attached hydrogen (secondary N) is 1. The van der Waals surface area contributed by atoms with E-state index in [1.54, 1.807) is 11.4 Å². The Morgan fingerprint density at radius 1 is 1.41 bits per heavy atom. The number of hydrogen-bond donors (Lipinski definition) is 2. The molecule has 1 aromatic heterocycles. The summed E-state index contributed by atoms with van der Waals surface area (Å²) in [5.41, 5.74) is 5.42. The molecule has 2 aromatic rings. The molecular formula is C14H12BrFN2O3S. The molecule has 0 bridgehead atoms. The van der Waals surface area contributed by atoms with Gasteiger partial charge in [0.2, 0.25) is 0 Å². The largest absolute Gasteiger partial charge is 0.478 e. The molecule has 0 radical (unpaired) electrons. The van der Waals surface area contributed by atoms with Crippen molar-refractivity contribution in [3.8, 4) is 5.75 Å². The van der Waals surface area contributed by atoms with Crippen molar-refractivity contribution in [2.75, 3.05) is 5.32 Å². The van der Waals surface area contributed by atoms with E-state index in [2.05, 4.69) is 21.2 Å². The molecule has 0 fully saturated rings. The van der Waals surface area contributed by atoms with E-state index in [4.69, 9.17) is 10.5 Å². The molecule has 0 aliphatic carbocycles. The van der Waals surface area contributed by atoms with Crippen LogP contribution in [0.2, 0.25) is 0 Å². The zero-order valence-corrected chi connectivity index (χ0v) is 13.8. The lowest BCUT2D eigenvalue weighted by Gasteiger charge is -2.15. The molecule has 0 spiro atoms. The van der Waals surface area contributed by atoms with Gasteiger partial charge < -0.3 is 15.8 Å². The number of carbonyl (C=O) groups excluding carboxylic acids is 2. The molecule has 5 nitrogen and oxygen atoms in total. The minimum atomic E-state index is -0.946. The van der Waals surface area contributed by atoms with Crippen LogP contribution in [0.5, 0.6) is 5.75 Å². The van der Waals surface area contributed by atoms with Crippen LogP contribution in [0.1, 0.15) is 17.3 Å². The molecule has 0 aliphatic heterocycles. The van der Waals surface area contributed by atoms with Crippen molar-refractivity contribution in [3.63, 3.8) is 0 Å². The molecule has 116 valence electrons. The summed E-state index contributed by atoms with van der Waals surface area (Å²) in [5, 5.41) is 4.52. The highest BCUT2D eigenvalue weighted by Crippen LogP contribution is 2.25. The topological polar surface area (TPSA) is 81.4 Å². The van der Waals surface area contributed by atoms with E-state index in [0.717, 1.165) is 0 Å². The molecule has 2 amide bonds. The summed E-state index contributed by atoms with van der Waals surface area (Å²) in [5.74, 6) is -1.76. The number of amides is 2. The molecular weight excluding hydrogens is 375 g/mol. The summed E-state index contributed by atoms with van der Waals surface area (Å²) in [6.07, 6.45) is -0.946. The molecule has 8 heteroatoms. The van der Waals surface area contributed by atoms with Crippen molar-refractivity contribution in [1.82, 2.24) is 0 Å². The Balaban J connectivity index is 2.06. The van der Waals surface area contributed by atoms with E-state index in [1.165, 1.54) is 36.5 Å². The lowest BCUT2D eigenvalue weighted by molar-refractivity contribution is -0.122. The molecule has 2 rings (SSSR count).